The summed E-state index contributed by atoms with van der Waals surface area (Å²) < 4.78 is 5.38. The molecule has 1 unspecified atom stereocenters. The molecule has 1 aromatic rings. The Labute approximate surface area is 111 Å². The monoisotopic (exact) mass is 250 g/mol. The second kappa shape index (κ2) is 8.11. The number of nitrogens with zero attached hydrogens (tertiary/aromatic N) is 1. The molecule has 0 saturated heterocycles. The third-order valence-corrected chi connectivity index (χ3v) is 3.00. The Morgan fingerprint density at radius 2 is 2.06 bits per heavy atom. The molecule has 1 rings (SSSR count). The molecule has 3 heteroatoms. The first-order valence-corrected chi connectivity index (χ1v) is 6.68. The molecular weight excluding hydrogens is 224 g/mol. The van der Waals surface area contributed by atoms with Crippen LogP contribution in [0.1, 0.15) is 19.4 Å². The molecule has 0 heterocycles. The fourth-order valence-corrected chi connectivity index (χ4v) is 2.18. The summed E-state index contributed by atoms with van der Waals surface area (Å²) in [6.07, 6.45) is 0. The second-order valence-corrected chi connectivity index (χ2v) is 4.92. The van der Waals surface area contributed by atoms with Crippen molar-refractivity contribution in [1.29, 1.82) is 0 Å². The molecule has 1 atom stereocenters. The van der Waals surface area contributed by atoms with Gasteiger partial charge in [0.05, 0.1) is 7.11 Å². The van der Waals surface area contributed by atoms with Gasteiger partial charge in [-0.2, -0.15) is 0 Å². The van der Waals surface area contributed by atoms with Crippen molar-refractivity contribution >= 4 is 0 Å². The quantitative estimate of drug-likeness (QED) is 0.766. The van der Waals surface area contributed by atoms with Crippen molar-refractivity contribution in [3.05, 3.63) is 29.8 Å². The average Bonchev–Trinajstić information content (AvgIpc) is 2.36. The van der Waals surface area contributed by atoms with E-state index >= 15 is 0 Å². The van der Waals surface area contributed by atoms with Gasteiger partial charge in [-0.1, -0.05) is 32.0 Å². The Morgan fingerprint density at radius 1 is 1.33 bits per heavy atom. The molecule has 0 amide bonds. The fourth-order valence-electron chi connectivity index (χ4n) is 2.18. The maximum atomic E-state index is 5.38. The minimum absolute atomic E-state index is 0.657. The van der Waals surface area contributed by atoms with Gasteiger partial charge in [-0.3, -0.25) is 0 Å². The van der Waals surface area contributed by atoms with E-state index in [2.05, 4.69) is 43.2 Å². The Balaban J connectivity index is 2.46. The van der Waals surface area contributed by atoms with Crippen molar-refractivity contribution in [2.45, 2.75) is 20.4 Å². The van der Waals surface area contributed by atoms with Gasteiger partial charge in [-0.05, 0) is 32.1 Å². The third-order valence-electron chi connectivity index (χ3n) is 3.00. The lowest BCUT2D eigenvalue weighted by Gasteiger charge is -2.22. The summed E-state index contributed by atoms with van der Waals surface area (Å²) in [5.74, 6) is 1.63. The number of para-hydroxylation sites is 1. The lowest BCUT2D eigenvalue weighted by atomic mass is 10.1. The van der Waals surface area contributed by atoms with Crippen molar-refractivity contribution in [1.82, 2.24) is 10.2 Å². The van der Waals surface area contributed by atoms with E-state index in [0.29, 0.717) is 5.92 Å². The van der Waals surface area contributed by atoms with E-state index in [9.17, 15) is 0 Å². The molecular formula is C15H26N2O. The van der Waals surface area contributed by atoms with Crippen molar-refractivity contribution in [2.24, 2.45) is 5.92 Å². The molecule has 18 heavy (non-hydrogen) atoms. The predicted octanol–water partition coefficient (Wildman–Crippen LogP) is 2.37. The van der Waals surface area contributed by atoms with Gasteiger partial charge in [0, 0.05) is 18.7 Å². The maximum absolute atomic E-state index is 5.38. The van der Waals surface area contributed by atoms with Gasteiger partial charge in [-0.25, -0.2) is 0 Å². The Bertz CT molecular complexity index is 341. The summed E-state index contributed by atoms with van der Waals surface area (Å²) in [6.45, 7) is 8.56. The molecule has 1 aromatic carbocycles. The fraction of sp³-hybridized carbons (Fsp3) is 0.600. The molecule has 0 aliphatic carbocycles. The van der Waals surface area contributed by atoms with Crippen LogP contribution in [-0.4, -0.2) is 38.7 Å². The molecule has 0 aliphatic heterocycles. The highest BCUT2D eigenvalue weighted by Gasteiger charge is 2.09. The van der Waals surface area contributed by atoms with Gasteiger partial charge in [0.25, 0.3) is 0 Å². The second-order valence-electron chi connectivity index (χ2n) is 4.92. The van der Waals surface area contributed by atoms with Gasteiger partial charge in [0.1, 0.15) is 5.75 Å². The molecule has 0 bridgehead atoms. The number of ether oxygens (including phenoxy) is 1. The van der Waals surface area contributed by atoms with Crippen molar-refractivity contribution in [2.75, 3.05) is 33.8 Å². The SMILES string of the molecule is CCNCC(C)CN(C)Cc1ccccc1OC. The van der Waals surface area contributed by atoms with Crippen LogP contribution in [0.4, 0.5) is 0 Å². The van der Waals surface area contributed by atoms with Gasteiger partial charge >= 0.3 is 0 Å². The van der Waals surface area contributed by atoms with Gasteiger partial charge in [-0.15, -0.1) is 0 Å². The van der Waals surface area contributed by atoms with Crippen molar-refractivity contribution < 1.29 is 4.74 Å². The van der Waals surface area contributed by atoms with Crippen LogP contribution < -0.4 is 10.1 Å². The lowest BCUT2D eigenvalue weighted by Crippen LogP contribution is -2.30. The first-order chi connectivity index (χ1) is 8.67. The number of nitrogens with one attached hydrogen (secondary N) is 1. The molecule has 0 aliphatic rings. The van der Waals surface area contributed by atoms with Crippen molar-refractivity contribution in [3.8, 4) is 5.75 Å². The standard InChI is InChI=1S/C15H26N2O/c1-5-16-10-13(2)11-17(3)12-14-8-6-7-9-15(14)18-4/h6-9,13,16H,5,10-12H2,1-4H3. The normalized spacial score (nSPS) is 12.7. The maximum Gasteiger partial charge on any atom is 0.123 e. The number of hydrogen-bond acceptors (Lipinski definition) is 3. The number of rotatable bonds is 8. The van der Waals surface area contributed by atoms with Crippen LogP contribution in [0.3, 0.4) is 0 Å². The molecule has 0 fully saturated rings. The largest absolute Gasteiger partial charge is 0.496 e. The Hall–Kier alpha value is -1.06. The van der Waals surface area contributed by atoms with Crippen molar-refractivity contribution in [3.63, 3.8) is 0 Å². The topological polar surface area (TPSA) is 24.5 Å². The van der Waals surface area contributed by atoms with E-state index in [1.165, 1.54) is 5.56 Å². The highest BCUT2D eigenvalue weighted by atomic mass is 16.5. The van der Waals surface area contributed by atoms with Crippen LogP contribution in [0.5, 0.6) is 5.75 Å². The van der Waals surface area contributed by atoms with Crippen LogP contribution in [0.2, 0.25) is 0 Å². The van der Waals surface area contributed by atoms with Crippen LogP contribution >= 0.6 is 0 Å². The Kier molecular flexibility index (Phi) is 6.76. The smallest absolute Gasteiger partial charge is 0.123 e. The molecule has 102 valence electrons. The highest BCUT2D eigenvalue weighted by molar-refractivity contribution is 5.32. The van der Waals surface area contributed by atoms with E-state index in [0.717, 1.165) is 31.9 Å². The highest BCUT2D eigenvalue weighted by Crippen LogP contribution is 2.18. The lowest BCUT2D eigenvalue weighted by molar-refractivity contribution is 0.270. The molecule has 3 nitrogen and oxygen atoms in total. The zero-order chi connectivity index (χ0) is 13.4. The molecule has 0 saturated carbocycles. The van der Waals surface area contributed by atoms with E-state index in [1.54, 1.807) is 7.11 Å². The summed E-state index contributed by atoms with van der Waals surface area (Å²) in [6, 6.07) is 8.22. The number of hydrogen-bond donors (Lipinski definition) is 1. The van der Waals surface area contributed by atoms with Gasteiger partial charge in [0.2, 0.25) is 0 Å². The summed E-state index contributed by atoms with van der Waals surface area (Å²) in [5, 5.41) is 3.39. The third kappa shape index (κ3) is 5.07. The van der Waals surface area contributed by atoms with E-state index in [4.69, 9.17) is 4.74 Å². The summed E-state index contributed by atoms with van der Waals surface area (Å²) in [7, 11) is 3.89. The Morgan fingerprint density at radius 3 is 2.72 bits per heavy atom. The zero-order valence-corrected chi connectivity index (χ0v) is 12.1. The predicted molar refractivity (Wildman–Crippen MR) is 77.0 cm³/mol. The minimum atomic E-state index is 0.657. The first-order valence-electron chi connectivity index (χ1n) is 6.68. The zero-order valence-electron chi connectivity index (χ0n) is 12.1. The van der Waals surface area contributed by atoms with Crippen LogP contribution in [0.25, 0.3) is 0 Å². The summed E-state index contributed by atoms with van der Waals surface area (Å²) >= 11 is 0. The van der Waals surface area contributed by atoms with Crippen LogP contribution in [0.15, 0.2) is 24.3 Å². The summed E-state index contributed by atoms with van der Waals surface area (Å²) in [4.78, 5) is 2.35. The summed E-state index contributed by atoms with van der Waals surface area (Å²) in [5.41, 5.74) is 1.25. The molecule has 0 radical (unpaired) electrons. The van der Waals surface area contributed by atoms with E-state index in [1.807, 2.05) is 12.1 Å². The van der Waals surface area contributed by atoms with Gasteiger partial charge in [0.15, 0.2) is 0 Å². The average molecular weight is 250 g/mol. The van der Waals surface area contributed by atoms with Gasteiger partial charge < -0.3 is 15.0 Å². The molecule has 0 spiro atoms. The van der Waals surface area contributed by atoms with E-state index < -0.39 is 0 Å². The number of benzene rings is 1. The first kappa shape index (κ1) is 15.0. The molecule has 0 aromatic heterocycles. The van der Waals surface area contributed by atoms with E-state index in [-0.39, 0.29) is 0 Å². The minimum Gasteiger partial charge on any atom is -0.496 e. The van der Waals surface area contributed by atoms with Crippen LogP contribution in [-0.2, 0) is 6.54 Å². The number of methoxy groups -OCH3 is 1. The van der Waals surface area contributed by atoms with Crippen LogP contribution in [0, 0.1) is 5.92 Å². The molecule has 1 N–H and O–H groups in total.